The highest BCUT2D eigenvalue weighted by Gasteiger charge is 2.41. The largest absolute Gasteiger partial charge is 0.497 e. The molecule has 25 heavy (non-hydrogen) atoms. The Morgan fingerprint density at radius 2 is 1.84 bits per heavy atom. The first-order valence-corrected chi connectivity index (χ1v) is 10.4. The highest BCUT2D eigenvalue weighted by Crippen LogP contribution is 2.41. The predicted molar refractivity (Wildman–Crippen MR) is 97.1 cm³/mol. The summed E-state index contributed by atoms with van der Waals surface area (Å²) in [5.41, 5.74) is 0.882. The molecule has 2 unspecified atom stereocenters. The van der Waals surface area contributed by atoms with Crippen molar-refractivity contribution in [2.45, 2.75) is 38.6 Å². The van der Waals surface area contributed by atoms with Crippen molar-refractivity contribution in [1.29, 1.82) is 0 Å². The normalized spacial score (nSPS) is 25.9. The number of rotatable bonds is 5. The molecule has 1 aromatic rings. The van der Waals surface area contributed by atoms with Crippen molar-refractivity contribution >= 4 is 10.2 Å². The number of methoxy groups -OCH3 is 2. The molecule has 0 spiro atoms. The third-order valence-electron chi connectivity index (χ3n) is 5.24. The van der Waals surface area contributed by atoms with E-state index in [9.17, 15) is 8.42 Å². The molecule has 0 radical (unpaired) electrons. The Morgan fingerprint density at radius 3 is 2.52 bits per heavy atom. The maximum atomic E-state index is 13.3. The van der Waals surface area contributed by atoms with Crippen LogP contribution in [0.1, 0.15) is 44.2 Å². The van der Waals surface area contributed by atoms with Crippen molar-refractivity contribution in [1.82, 2.24) is 8.61 Å². The highest BCUT2D eigenvalue weighted by molar-refractivity contribution is 7.86. The van der Waals surface area contributed by atoms with Gasteiger partial charge in [0.25, 0.3) is 10.2 Å². The standard InChI is InChI=1S/C18H28N2O4S/c1-14-6-4-10-19(13-14)25(21,22)20-11-5-7-17(20)16-12-15(23-2)8-9-18(16)24-3/h8-9,12,14,17H,4-7,10-11,13H2,1-3H3. The Labute approximate surface area is 150 Å². The fourth-order valence-corrected chi connectivity index (χ4v) is 5.93. The van der Waals surface area contributed by atoms with E-state index in [4.69, 9.17) is 9.47 Å². The van der Waals surface area contributed by atoms with Gasteiger partial charge in [-0.05, 0) is 49.8 Å². The van der Waals surface area contributed by atoms with Gasteiger partial charge in [-0.1, -0.05) is 6.92 Å². The number of benzene rings is 1. The van der Waals surface area contributed by atoms with Crippen LogP contribution in [0.15, 0.2) is 18.2 Å². The summed E-state index contributed by atoms with van der Waals surface area (Å²) >= 11 is 0. The van der Waals surface area contributed by atoms with E-state index < -0.39 is 10.2 Å². The second-order valence-corrected chi connectivity index (χ2v) is 8.87. The van der Waals surface area contributed by atoms with Gasteiger partial charge in [0.1, 0.15) is 11.5 Å². The molecule has 6 nitrogen and oxygen atoms in total. The van der Waals surface area contributed by atoms with E-state index in [1.165, 1.54) is 0 Å². The topological polar surface area (TPSA) is 59.1 Å². The van der Waals surface area contributed by atoms with Gasteiger partial charge in [-0.15, -0.1) is 0 Å². The summed E-state index contributed by atoms with van der Waals surface area (Å²) in [5, 5.41) is 0. The quantitative estimate of drug-likeness (QED) is 0.802. The third-order valence-corrected chi connectivity index (χ3v) is 7.26. The average Bonchev–Trinajstić information content (AvgIpc) is 3.11. The molecular weight excluding hydrogens is 340 g/mol. The smallest absolute Gasteiger partial charge is 0.282 e. The summed E-state index contributed by atoms with van der Waals surface area (Å²) < 4.78 is 40.6. The molecular formula is C18H28N2O4S. The Bertz CT molecular complexity index is 707. The van der Waals surface area contributed by atoms with E-state index in [1.54, 1.807) is 22.8 Å². The van der Waals surface area contributed by atoms with Crippen molar-refractivity contribution < 1.29 is 17.9 Å². The van der Waals surface area contributed by atoms with Crippen LogP contribution in [0.2, 0.25) is 0 Å². The number of hydrogen-bond donors (Lipinski definition) is 0. The first-order chi connectivity index (χ1) is 12.0. The molecule has 3 rings (SSSR count). The maximum absolute atomic E-state index is 13.3. The van der Waals surface area contributed by atoms with Crippen LogP contribution in [0.4, 0.5) is 0 Å². The van der Waals surface area contributed by atoms with Crippen LogP contribution in [0, 0.1) is 5.92 Å². The minimum Gasteiger partial charge on any atom is -0.497 e. The molecule has 2 aliphatic rings. The summed E-state index contributed by atoms with van der Waals surface area (Å²) in [4.78, 5) is 0. The van der Waals surface area contributed by atoms with Crippen LogP contribution < -0.4 is 9.47 Å². The summed E-state index contributed by atoms with van der Waals surface area (Å²) in [6, 6.07) is 5.38. The lowest BCUT2D eigenvalue weighted by molar-refractivity contribution is 0.253. The van der Waals surface area contributed by atoms with Gasteiger partial charge in [-0.2, -0.15) is 17.0 Å². The van der Waals surface area contributed by atoms with Gasteiger partial charge in [0.2, 0.25) is 0 Å². The molecule has 0 aromatic heterocycles. The van der Waals surface area contributed by atoms with Gasteiger partial charge < -0.3 is 9.47 Å². The van der Waals surface area contributed by atoms with Gasteiger partial charge in [0.15, 0.2) is 0 Å². The molecule has 0 saturated carbocycles. The Hall–Kier alpha value is -1.31. The SMILES string of the molecule is COc1ccc(OC)c(C2CCCN2S(=O)(=O)N2CCCC(C)C2)c1. The van der Waals surface area contributed by atoms with E-state index >= 15 is 0 Å². The number of hydrogen-bond acceptors (Lipinski definition) is 4. The van der Waals surface area contributed by atoms with Gasteiger partial charge in [-0.3, -0.25) is 0 Å². The van der Waals surface area contributed by atoms with Crippen LogP contribution in [0.25, 0.3) is 0 Å². The minimum absolute atomic E-state index is 0.202. The zero-order valence-corrected chi connectivity index (χ0v) is 16.1. The zero-order chi connectivity index (χ0) is 18.0. The van der Waals surface area contributed by atoms with E-state index in [-0.39, 0.29) is 6.04 Å². The Kier molecular flexibility index (Phi) is 5.55. The van der Waals surface area contributed by atoms with E-state index in [0.29, 0.717) is 37.1 Å². The molecule has 2 atom stereocenters. The molecule has 2 aliphatic heterocycles. The van der Waals surface area contributed by atoms with Crippen LogP contribution in [-0.2, 0) is 10.2 Å². The third kappa shape index (κ3) is 3.64. The van der Waals surface area contributed by atoms with Gasteiger partial charge in [0, 0.05) is 25.2 Å². The Balaban J connectivity index is 1.92. The molecule has 2 heterocycles. The zero-order valence-electron chi connectivity index (χ0n) is 15.3. The van der Waals surface area contributed by atoms with E-state index in [0.717, 1.165) is 31.2 Å². The molecule has 1 aromatic carbocycles. The number of piperidine rings is 1. The molecule has 0 aliphatic carbocycles. The molecule has 0 amide bonds. The predicted octanol–water partition coefficient (Wildman–Crippen LogP) is 2.82. The minimum atomic E-state index is -3.47. The maximum Gasteiger partial charge on any atom is 0.282 e. The van der Waals surface area contributed by atoms with Crippen LogP contribution >= 0.6 is 0 Å². The molecule has 2 fully saturated rings. The van der Waals surface area contributed by atoms with Crippen LogP contribution in [-0.4, -0.2) is 50.9 Å². The van der Waals surface area contributed by atoms with Gasteiger partial charge >= 0.3 is 0 Å². The second-order valence-electron chi connectivity index (χ2n) is 6.99. The number of nitrogens with zero attached hydrogens (tertiary/aromatic N) is 2. The molecule has 140 valence electrons. The van der Waals surface area contributed by atoms with E-state index in [1.807, 2.05) is 18.2 Å². The van der Waals surface area contributed by atoms with Gasteiger partial charge in [0.05, 0.1) is 20.3 Å². The monoisotopic (exact) mass is 368 g/mol. The first kappa shape index (κ1) is 18.5. The first-order valence-electron chi connectivity index (χ1n) is 8.96. The van der Waals surface area contributed by atoms with Crippen LogP contribution in [0.5, 0.6) is 11.5 Å². The van der Waals surface area contributed by atoms with Crippen molar-refractivity contribution in [2.75, 3.05) is 33.9 Å². The van der Waals surface area contributed by atoms with E-state index in [2.05, 4.69) is 6.92 Å². The summed E-state index contributed by atoms with van der Waals surface area (Å²) in [6.07, 6.45) is 3.68. The van der Waals surface area contributed by atoms with Crippen molar-refractivity contribution in [2.24, 2.45) is 5.92 Å². The fourth-order valence-electron chi connectivity index (χ4n) is 3.93. The number of ether oxygens (including phenoxy) is 2. The average molecular weight is 368 g/mol. The lowest BCUT2D eigenvalue weighted by Gasteiger charge is -2.35. The van der Waals surface area contributed by atoms with Gasteiger partial charge in [-0.25, -0.2) is 0 Å². The summed E-state index contributed by atoms with van der Waals surface area (Å²) in [6.45, 7) is 3.90. The molecule has 7 heteroatoms. The van der Waals surface area contributed by atoms with Crippen molar-refractivity contribution in [3.63, 3.8) is 0 Å². The summed E-state index contributed by atoms with van der Waals surface area (Å²) in [7, 11) is -0.235. The van der Waals surface area contributed by atoms with Crippen molar-refractivity contribution in [3.8, 4) is 11.5 Å². The van der Waals surface area contributed by atoms with Crippen molar-refractivity contribution in [3.05, 3.63) is 23.8 Å². The molecule has 0 N–H and O–H groups in total. The Morgan fingerprint density at radius 1 is 1.08 bits per heavy atom. The fraction of sp³-hybridized carbons (Fsp3) is 0.667. The lowest BCUT2D eigenvalue weighted by Crippen LogP contribution is -2.47. The lowest BCUT2D eigenvalue weighted by atomic mass is 10.0. The van der Waals surface area contributed by atoms with Crippen LogP contribution in [0.3, 0.4) is 0 Å². The highest BCUT2D eigenvalue weighted by atomic mass is 32.2. The second kappa shape index (κ2) is 7.51. The molecule has 2 saturated heterocycles. The molecule has 0 bridgehead atoms. The summed E-state index contributed by atoms with van der Waals surface area (Å²) in [5.74, 6) is 1.84.